The number of H-pyrrole nitrogens is 1. The molecule has 3 aromatic rings. The fourth-order valence-corrected chi connectivity index (χ4v) is 2.47. The van der Waals surface area contributed by atoms with Crippen LogP contribution in [0.4, 0.5) is 5.69 Å². The molecule has 6 nitrogen and oxygen atoms in total. The van der Waals surface area contributed by atoms with Crippen LogP contribution in [0, 0.1) is 11.3 Å². The van der Waals surface area contributed by atoms with Crippen molar-refractivity contribution in [2.45, 2.75) is 0 Å². The number of nitrogens with zero attached hydrogens (tertiary/aromatic N) is 2. The highest BCUT2D eigenvalue weighted by Gasteiger charge is 2.18. The van der Waals surface area contributed by atoms with Crippen molar-refractivity contribution in [3.63, 3.8) is 0 Å². The van der Waals surface area contributed by atoms with Gasteiger partial charge < -0.3 is 9.72 Å². The molecule has 1 aromatic heterocycles. The van der Waals surface area contributed by atoms with E-state index in [1.54, 1.807) is 30.3 Å². The molecular formula is C19H15N3O3. The Hall–Kier alpha value is -3.59. The monoisotopic (exact) mass is 333 g/mol. The van der Waals surface area contributed by atoms with Gasteiger partial charge in [0.25, 0.3) is 5.91 Å². The number of carbonyl (C=O) groups excluding carboxylic acids is 2. The summed E-state index contributed by atoms with van der Waals surface area (Å²) in [5, 5.41) is 9.81. The number of hydrogen-bond donors (Lipinski definition) is 1. The second-order valence-electron chi connectivity index (χ2n) is 5.32. The second-order valence-corrected chi connectivity index (χ2v) is 5.32. The highest BCUT2D eigenvalue weighted by Crippen LogP contribution is 2.16. The number of ether oxygens (including phenoxy) is 1. The molecule has 0 bridgehead atoms. The molecule has 1 heterocycles. The molecule has 124 valence electrons. The summed E-state index contributed by atoms with van der Waals surface area (Å²) in [6.07, 6.45) is 0. The van der Waals surface area contributed by atoms with Crippen LogP contribution in [0.15, 0.2) is 60.7 Å². The van der Waals surface area contributed by atoms with E-state index >= 15 is 0 Å². The summed E-state index contributed by atoms with van der Waals surface area (Å²) in [5.74, 6) is -1.08. The highest BCUT2D eigenvalue weighted by molar-refractivity contribution is 5.98. The normalized spacial score (nSPS) is 10.2. The van der Waals surface area contributed by atoms with E-state index in [4.69, 9.17) is 10.00 Å². The van der Waals surface area contributed by atoms with Crippen molar-refractivity contribution >= 4 is 28.5 Å². The first kappa shape index (κ1) is 16.3. The fraction of sp³-hybridized carbons (Fsp3) is 0.105. The van der Waals surface area contributed by atoms with Crippen LogP contribution in [0.5, 0.6) is 0 Å². The maximum absolute atomic E-state index is 12.3. The van der Waals surface area contributed by atoms with E-state index in [1.807, 2.05) is 36.4 Å². The van der Waals surface area contributed by atoms with Gasteiger partial charge in [0.1, 0.15) is 12.2 Å². The molecule has 0 atom stereocenters. The number of esters is 1. The Labute approximate surface area is 144 Å². The lowest BCUT2D eigenvalue weighted by atomic mass is 10.2. The Morgan fingerprint density at radius 2 is 1.80 bits per heavy atom. The van der Waals surface area contributed by atoms with Gasteiger partial charge in [-0.2, -0.15) is 5.26 Å². The molecule has 6 heteroatoms. The van der Waals surface area contributed by atoms with E-state index in [0.29, 0.717) is 5.69 Å². The van der Waals surface area contributed by atoms with Crippen LogP contribution >= 0.6 is 0 Å². The molecule has 0 unspecified atom stereocenters. The molecule has 2 aromatic carbocycles. The van der Waals surface area contributed by atoms with Crippen LogP contribution in [-0.2, 0) is 9.53 Å². The number of rotatable bonds is 5. The number of para-hydroxylation sites is 2. The Balaban J connectivity index is 1.68. The Morgan fingerprint density at radius 3 is 2.52 bits per heavy atom. The third kappa shape index (κ3) is 3.67. The van der Waals surface area contributed by atoms with Gasteiger partial charge in [-0.3, -0.25) is 9.69 Å². The zero-order valence-corrected chi connectivity index (χ0v) is 13.3. The van der Waals surface area contributed by atoms with Crippen molar-refractivity contribution in [3.05, 3.63) is 66.4 Å². The number of amides is 1. The van der Waals surface area contributed by atoms with E-state index in [-0.39, 0.29) is 12.2 Å². The molecule has 1 amide bonds. The fourth-order valence-electron chi connectivity index (χ4n) is 2.47. The number of anilines is 1. The van der Waals surface area contributed by atoms with Crippen molar-refractivity contribution in [2.24, 2.45) is 0 Å². The molecule has 25 heavy (non-hydrogen) atoms. The van der Waals surface area contributed by atoms with Gasteiger partial charge in [0.2, 0.25) is 0 Å². The van der Waals surface area contributed by atoms with E-state index in [2.05, 4.69) is 4.98 Å². The van der Waals surface area contributed by atoms with Gasteiger partial charge in [-0.05, 0) is 24.3 Å². The minimum Gasteiger partial charge on any atom is -0.451 e. The number of nitrogens with one attached hydrogen (secondary N) is 1. The molecule has 0 saturated carbocycles. The summed E-state index contributed by atoms with van der Waals surface area (Å²) in [6, 6.07) is 19.8. The number of benzene rings is 2. The Morgan fingerprint density at radius 1 is 1.08 bits per heavy atom. The van der Waals surface area contributed by atoms with Crippen LogP contribution < -0.4 is 4.90 Å². The predicted octanol–water partition coefficient (Wildman–Crippen LogP) is 2.88. The summed E-state index contributed by atoms with van der Waals surface area (Å²) in [4.78, 5) is 28.7. The largest absolute Gasteiger partial charge is 0.451 e. The number of carbonyl (C=O) groups is 2. The van der Waals surface area contributed by atoms with Gasteiger partial charge in [-0.1, -0.05) is 36.4 Å². The van der Waals surface area contributed by atoms with Crippen molar-refractivity contribution in [3.8, 4) is 6.07 Å². The van der Waals surface area contributed by atoms with Crippen molar-refractivity contribution in [1.82, 2.24) is 4.98 Å². The van der Waals surface area contributed by atoms with Crippen molar-refractivity contribution < 1.29 is 14.3 Å². The number of fused-ring (bicyclic) bond motifs is 1. The van der Waals surface area contributed by atoms with Crippen molar-refractivity contribution in [1.29, 1.82) is 5.26 Å². The van der Waals surface area contributed by atoms with Gasteiger partial charge >= 0.3 is 5.97 Å². The lowest BCUT2D eigenvalue weighted by molar-refractivity contribution is -0.121. The summed E-state index contributed by atoms with van der Waals surface area (Å²) in [7, 11) is 0. The molecule has 0 radical (unpaired) electrons. The molecule has 0 spiro atoms. The van der Waals surface area contributed by atoms with Crippen LogP contribution in [0.3, 0.4) is 0 Å². The summed E-state index contributed by atoms with van der Waals surface area (Å²) in [6.45, 7) is -0.558. The molecule has 3 rings (SSSR count). The number of nitriles is 1. The van der Waals surface area contributed by atoms with E-state index < -0.39 is 18.5 Å². The molecule has 0 aliphatic carbocycles. The molecular weight excluding hydrogens is 318 g/mol. The molecule has 0 fully saturated rings. The maximum atomic E-state index is 12.3. The zero-order chi connectivity index (χ0) is 17.6. The van der Waals surface area contributed by atoms with Gasteiger partial charge in [0.05, 0.1) is 6.07 Å². The van der Waals surface area contributed by atoms with Gasteiger partial charge in [0.15, 0.2) is 6.61 Å². The first-order valence-electron chi connectivity index (χ1n) is 7.66. The molecule has 0 aliphatic rings. The summed E-state index contributed by atoms with van der Waals surface area (Å²) in [5.41, 5.74) is 1.67. The Bertz CT molecular complexity index is 908. The number of aromatic amines is 1. The van der Waals surface area contributed by atoms with Gasteiger partial charge in [0, 0.05) is 16.6 Å². The third-order valence-electron chi connectivity index (χ3n) is 3.67. The van der Waals surface area contributed by atoms with Crippen LogP contribution in [-0.4, -0.2) is 30.0 Å². The number of aromatic nitrogens is 1. The highest BCUT2D eigenvalue weighted by atomic mass is 16.5. The second kappa shape index (κ2) is 7.32. The molecule has 0 saturated heterocycles. The maximum Gasteiger partial charge on any atom is 0.355 e. The van der Waals surface area contributed by atoms with E-state index in [1.165, 1.54) is 4.90 Å². The first-order chi connectivity index (χ1) is 12.2. The average Bonchev–Trinajstić information content (AvgIpc) is 3.09. The third-order valence-corrected chi connectivity index (χ3v) is 3.67. The summed E-state index contributed by atoms with van der Waals surface area (Å²) >= 11 is 0. The smallest absolute Gasteiger partial charge is 0.355 e. The minimum atomic E-state index is -0.616. The number of hydrogen-bond acceptors (Lipinski definition) is 4. The summed E-state index contributed by atoms with van der Waals surface area (Å²) < 4.78 is 5.10. The quantitative estimate of drug-likeness (QED) is 0.574. The van der Waals surface area contributed by atoms with E-state index in [0.717, 1.165) is 10.9 Å². The minimum absolute atomic E-state index is 0.118. The van der Waals surface area contributed by atoms with Crippen LogP contribution in [0.2, 0.25) is 0 Å². The van der Waals surface area contributed by atoms with Crippen LogP contribution in [0.1, 0.15) is 10.5 Å². The topological polar surface area (TPSA) is 86.2 Å². The predicted molar refractivity (Wildman–Crippen MR) is 93.0 cm³/mol. The molecule has 0 aliphatic heterocycles. The zero-order valence-electron chi connectivity index (χ0n) is 13.3. The SMILES string of the molecule is N#CCN(C(=O)COC(=O)c1cc2ccccc2[nH]1)c1ccccc1. The first-order valence-corrected chi connectivity index (χ1v) is 7.66. The lowest BCUT2D eigenvalue weighted by Gasteiger charge is -2.19. The van der Waals surface area contributed by atoms with Crippen LogP contribution in [0.25, 0.3) is 10.9 Å². The standard InChI is InChI=1S/C19H15N3O3/c20-10-11-22(15-7-2-1-3-8-15)18(23)13-25-19(24)17-12-14-6-4-5-9-16(14)21-17/h1-9,12,21H,11,13H2. The average molecular weight is 333 g/mol. The van der Waals surface area contributed by atoms with Crippen molar-refractivity contribution in [2.75, 3.05) is 18.1 Å². The lowest BCUT2D eigenvalue weighted by Crippen LogP contribution is -2.35. The Kier molecular flexibility index (Phi) is 4.77. The van der Waals surface area contributed by atoms with E-state index in [9.17, 15) is 9.59 Å². The van der Waals surface area contributed by atoms with Gasteiger partial charge in [-0.25, -0.2) is 4.79 Å². The van der Waals surface area contributed by atoms with Gasteiger partial charge in [-0.15, -0.1) is 0 Å². The molecule has 1 N–H and O–H groups in total.